The summed E-state index contributed by atoms with van der Waals surface area (Å²) in [7, 11) is 1.34. The monoisotopic (exact) mass is 1270 g/mol. The lowest BCUT2D eigenvalue weighted by molar-refractivity contribution is -0.870. The van der Waals surface area contributed by atoms with Crippen molar-refractivity contribution in [2.24, 2.45) is 0 Å². The van der Waals surface area contributed by atoms with E-state index in [9.17, 15) is 19.4 Å². The van der Waals surface area contributed by atoms with Crippen molar-refractivity contribution in [3.63, 3.8) is 0 Å². The molecular formula is C79H161N2O6P. The Kier molecular flexibility index (Phi) is 70.4. The maximum Gasteiger partial charge on any atom is 0.268 e. The molecule has 0 rings (SSSR count). The Morgan fingerprint density at radius 1 is 0.352 bits per heavy atom. The second kappa shape index (κ2) is 70.8. The molecule has 0 aliphatic carbocycles. The van der Waals surface area contributed by atoms with Crippen molar-refractivity contribution in [2.45, 2.75) is 463 Å². The minimum atomic E-state index is -4.58. The summed E-state index contributed by atoms with van der Waals surface area (Å²) in [6.45, 7) is 4.81. The summed E-state index contributed by atoms with van der Waals surface area (Å²) in [5.41, 5.74) is 0. The predicted octanol–water partition coefficient (Wildman–Crippen LogP) is 25.6. The Morgan fingerprint density at radius 2 is 0.557 bits per heavy atom. The quantitative estimate of drug-likeness (QED) is 0.0357. The lowest BCUT2D eigenvalue weighted by Gasteiger charge is -2.30. The van der Waals surface area contributed by atoms with Crippen molar-refractivity contribution in [3.8, 4) is 0 Å². The number of amides is 1. The summed E-state index contributed by atoms with van der Waals surface area (Å²) in [6.07, 6.45) is 91.0. The lowest BCUT2D eigenvalue weighted by Crippen LogP contribution is -2.46. The number of hydrogen-bond donors (Lipinski definition) is 2. The van der Waals surface area contributed by atoms with E-state index in [1.165, 1.54) is 385 Å². The van der Waals surface area contributed by atoms with Gasteiger partial charge in [-0.15, -0.1) is 0 Å². The zero-order valence-electron chi connectivity index (χ0n) is 60.7. The first-order chi connectivity index (χ1) is 43.0. The van der Waals surface area contributed by atoms with Gasteiger partial charge < -0.3 is 28.8 Å². The number of phosphoric ester groups is 1. The van der Waals surface area contributed by atoms with Gasteiger partial charge >= 0.3 is 0 Å². The number of quaternary nitrogens is 1. The molecule has 3 atom stereocenters. The van der Waals surface area contributed by atoms with Gasteiger partial charge in [-0.3, -0.25) is 9.36 Å². The van der Waals surface area contributed by atoms with E-state index in [2.05, 4.69) is 19.2 Å². The number of nitrogens with zero attached hydrogens (tertiary/aromatic N) is 1. The maximum atomic E-state index is 13.1. The van der Waals surface area contributed by atoms with Crippen LogP contribution in [0.15, 0.2) is 0 Å². The van der Waals surface area contributed by atoms with Gasteiger partial charge in [0.05, 0.1) is 39.9 Å². The van der Waals surface area contributed by atoms with E-state index < -0.39 is 20.0 Å². The van der Waals surface area contributed by atoms with E-state index in [1.54, 1.807) is 0 Å². The number of likely N-dealkylation sites (N-methyl/N-ethyl adjacent to an activating group) is 1. The zero-order chi connectivity index (χ0) is 64.1. The van der Waals surface area contributed by atoms with Crippen LogP contribution in [0.5, 0.6) is 0 Å². The van der Waals surface area contributed by atoms with E-state index in [0.29, 0.717) is 23.9 Å². The standard InChI is InChI=1S/C79H161N2O6P/c1-6-8-10-12-14-16-18-20-22-24-26-28-30-32-34-35-36-37-38-39-40-41-42-43-44-45-47-49-51-53-55-57-59-61-63-65-67-69-71-73-79(83)80-77(76-87-88(84,85)86-75-74-81(3,4)5)78(82)72-70-68-66-64-62-60-58-56-54-52-50-48-46-33-31-29-27-25-23-21-19-17-15-13-11-9-7-2/h77-78,82H,6-76H2,1-5H3,(H-,80,83,84,85). The number of carbonyl (C=O) groups excluding carboxylic acids is 1. The van der Waals surface area contributed by atoms with Crippen LogP contribution in [0.3, 0.4) is 0 Å². The number of hydrogen-bond acceptors (Lipinski definition) is 6. The topological polar surface area (TPSA) is 108 Å². The molecule has 1 amide bonds. The van der Waals surface area contributed by atoms with Crippen LogP contribution in [0.25, 0.3) is 0 Å². The number of carbonyl (C=O) groups is 1. The molecule has 2 N–H and O–H groups in total. The van der Waals surface area contributed by atoms with Crippen molar-refractivity contribution >= 4 is 13.7 Å². The SMILES string of the molecule is CCCCCCCCCCCCCCCCCCCCCCCCCCCCCCCCCCCCCCCCCC(=O)NC(COP(=O)([O-])OCC[N+](C)(C)C)C(O)CCCCCCCCCCCCCCCCCCCCCCCCCCCCC. The first-order valence-electron chi connectivity index (χ1n) is 40.4. The Bertz CT molecular complexity index is 1390. The molecule has 0 fully saturated rings. The van der Waals surface area contributed by atoms with Crippen LogP contribution in [-0.2, 0) is 18.4 Å². The minimum absolute atomic E-state index is 0.0171. The molecule has 528 valence electrons. The minimum Gasteiger partial charge on any atom is -0.756 e. The molecule has 8 nitrogen and oxygen atoms in total. The van der Waals surface area contributed by atoms with Gasteiger partial charge in [0.25, 0.3) is 7.82 Å². The second-order valence-corrected chi connectivity index (χ2v) is 30.9. The third kappa shape index (κ3) is 72.9. The molecule has 3 unspecified atom stereocenters. The lowest BCUT2D eigenvalue weighted by atomic mass is 10.0. The molecule has 0 aliphatic rings. The Balaban J connectivity index is 3.86. The smallest absolute Gasteiger partial charge is 0.268 e. The molecule has 0 heterocycles. The highest BCUT2D eigenvalue weighted by molar-refractivity contribution is 7.45. The third-order valence-electron chi connectivity index (χ3n) is 19.3. The van der Waals surface area contributed by atoms with Crippen LogP contribution in [0.4, 0.5) is 0 Å². The summed E-state index contributed by atoms with van der Waals surface area (Å²) in [5, 5.41) is 14.1. The first kappa shape index (κ1) is 87.5. The molecule has 0 bridgehead atoms. The molecule has 0 aliphatic heterocycles. The highest BCUT2D eigenvalue weighted by atomic mass is 31.2. The van der Waals surface area contributed by atoms with Gasteiger partial charge in [0.1, 0.15) is 13.2 Å². The van der Waals surface area contributed by atoms with E-state index in [4.69, 9.17) is 9.05 Å². The molecular weight excluding hydrogens is 1100 g/mol. The summed E-state index contributed by atoms with van der Waals surface area (Å²) in [6, 6.07) is -0.798. The maximum absolute atomic E-state index is 13.1. The van der Waals surface area contributed by atoms with Gasteiger partial charge in [0.2, 0.25) is 5.91 Å². The molecule has 0 aromatic carbocycles. The summed E-state index contributed by atoms with van der Waals surface area (Å²) in [4.78, 5) is 25.7. The molecule has 0 radical (unpaired) electrons. The van der Waals surface area contributed by atoms with Crippen molar-refractivity contribution in [3.05, 3.63) is 0 Å². The van der Waals surface area contributed by atoms with Gasteiger partial charge in [-0.1, -0.05) is 431 Å². The number of rotatable bonds is 77. The predicted molar refractivity (Wildman–Crippen MR) is 386 cm³/mol. The Labute approximate surface area is 552 Å². The summed E-state index contributed by atoms with van der Waals surface area (Å²) < 4.78 is 23.6. The van der Waals surface area contributed by atoms with Gasteiger partial charge in [-0.25, -0.2) is 0 Å². The Hall–Kier alpha value is -0.500. The van der Waals surface area contributed by atoms with Gasteiger partial charge in [-0.05, 0) is 12.8 Å². The molecule has 0 saturated heterocycles. The van der Waals surface area contributed by atoms with Crippen LogP contribution < -0.4 is 10.2 Å². The largest absolute Gasteiger partial charge is 0.756 e. The normalized spacial score (nSPS) is 13.4. The van der Waals surface area contributed by atoms with Crippen LogP contribution in [0, 0.1) is 0 Å². The molecule has 0 saturated carbocycles. The number of unbranched alkanes of at least 4 members (excludes halogenated alkanes) is 64. The van der Waals surface area contributed by atoms with E-state index in [-0.39, 0.29) is 19.1 Å². The van der Waals surface area contributed by atoms with Crippen LogP contribution in [0.2, 0.25) is 0 Å². The van der Waals surface area contributed by atoms with Crippen LogP contribution >= 0.6 is 7.82 Å². The second-order valence-electron chi connectivity index (χ2n) is 29.5. The number of phosphoric acid groups is 1. The van der Waals surface area contributed by atoms with Crippen molar-refractivity contribution in [1.82, 2.24) is 5.32 Å². The molecule has 0 aromatic rings. The van der Waals surface area contributed by atoms with E-state index in [1.807, 2.05) is 21.1 Å². The van der Waals surface area contributed by atoms with Gasteiger partial charge in [0.15, 0.2) is 0 Å². The van der Waals surface area contributed by atoms with Crippen molar-refractivity contribution in [1.29, 1.82) is 0 Å². The van der Waals surface area contributed by atoms with Gasteiger partial charge in [-0.2, -0.15) is 0 Å². The average molecular weight is 1270 g/mol. The highest BCUT2D eigenvalue weighted by Gasteiger charge is 2.24. The van der Waals surface area contributed by atoms with Crippen LogP contribution in [0.1, 0.15) is 450 Å². The first-order valence-corrected chi connectivity index (χ1v) is 41.8. The van der Waals surface area contributed by atoms with Crippen molar-refractivity contribution in [2.75, 3.05) is 40.9 Å². The number of aliphatic hydroxyl groups is 1. The third-order valence-corrected chi connectivity index (χ3v) is 20.3. The average Bonchev–Trinajstić information content (AvgIpc) is 3.70. The van der Waals surface area contributed by atoms with E-state index in [0.717, 1.165) is 38.5 Å². The molecule has 0 aromatic heterocycles. The number of nitrogens with one attached hydrogen (secondary N) is 1. The fourth-order valence-corrected chi connectivity index (χ4v) is 13.8. The zero-order valence-corrected chi connectivity index (χ0v) is 61.6. The summed E-state index contributed by atoms with van der Waals surface area (Å²) in [5.74, 6) is -0.152. The van der Waals surface area contributed by atoms with Crippen molar-refractivity contribution < 1.29 is 32.9 Å². The highest BCUT2D eigenvalue weighted by Crippen LogP contribution is 2.38. The van der Waals surface area contributed by atoms with Crippen LogP contribution in [-0.4, -0.2) is 68.5 Å². The molecule has 0 spiro atoms. The summed E-state index contributed by atoms with van der Waals surface area (Å²) >= 11 is 0. The van der Waals surface area contributed by atoms with E-state index >= 15 is 0 Å². The number of aliphatic hydroxyl groups excluding tert-OH is 1. The Morgan fingerprint density at radius 3 is 0.773 bits per heavy atom. The fourth-order valence-electron chi connectivity index (χ4n) is 13.1. The van der Waals surface area contributed by atoms with Gasteiger partial charge in [0, 0.05) is 6.42 Å². The molecule has 88 heavy (non-hydrogen) atoms. The fraction of sp³-hybridized carbons (Fsp3) is 0.987. The molecule has 9 heteroatoms.